The van der Waals surface area contributed by atoms with E-state index in [1.54, 1.807) is 0 Å². The predicted octanol–water partition coefficient (Wildman–Crippen LogP) is 0.721. The summed E-state index contributed by atoms with van der Waals surface area (Å²) < 4.78 is 39.1. The monoisotopic (exact) mass is 273 g/mol. The Hall–Kier alpha value is -1.05. The van der Waals surface area contributed by atoms with Crippen molar-refractivity contribution >= 4 is 10.0 Å². The number of piperidine rings is 1. The maximum Gasteiger partial charge on any atom is 0.244 e. The molecule has 0 saturated carbocycles. The van der Waals surface area contributed by atoms with Gasteiger partial charge in [-0.3, -0.25) is 4.98 Å². The number of nitrogens with zero attached hydrogens (tertiary/aromatic N) is 2. The smallest absolute Gasteiger partial charge is 0.244 e. The molecule has 0 aromatic carbocycles. The summed E-state index contributed by atoms with van der Waals surface area (Å²) in [6.07, 6.45) is 3.38. The van der Waals surface area contributed by atoms with E-state index in [1.807, 2.05) is 6.92 Å². The van der Waals surface area contributed by atoms with Crippen molar-refractivity contribution < 1.29 is 12.8 Å². The molecule has 2 rings (SSSR count). The summed E-state index contributed by atoms with van der Waals surface area (Å²) in [4.78, 5) is 3.47. The van der Waals surface area contributed by atoms with Crippen LogP contribution >= 0.6 is 0 Å². The lowest BCUT2D eigenvalue weighted by atomic mass is 10.0. The molecule has 1 aromatic rings. The first-order valence-corrected chi connectivity index (χ1v) is 7.23. The molecule has 0 spiro atoms. The lowest BCUT2D eigenvalue weighted by Gasteiger charge is -2.35. The zero-order valence-corrected chi connectivity index (χ0v) is 10.9. The summed E-state index contributed by atoms with van der Waals surface area (Å²) in [7, 11) is -3.68. The molecule has 2 atom stereocenters. The Balaban J connectivity index is 2.31. The molecular weight excluding hydrogens is 257 g/mol. The summed E-state index contributed by atoms with van der Waals surface area (Å²) in [5.41, 5.74) is 5.80. The fourth-order valence-corrected chi connectivity index (χ4v) is 3.84. The summed E-state index contributed by atoms with van der Waals surface area (Å²) in [5.74, 6) is -0.655. The number of rotatable bonds is 2. The molecule has 0 bridgehead atoms. The van der Waals surface area contributed by atoms with Gasteiger partial charge in [0.05, 0.1) is 6.20 Å². The number of hydrogen-bond donors (Lipinski definition) is 1. The zero-order chi connectivity index (χ0) is 13.3. The van der Waals surface area contributed by atoms with Crippen LogP contribution in [0.2, 0.25) is 0 Å². The molecule has 0 aliphatic carbocycles. The first kappa shape index (κ1) is 13.4. The SMILES string of the molecule is CC1CC(N)CCN1S(=O)(=O)c1cncc(F)c1. The van der Waals surface area contributed by atoms with Gasteiger partial charge in [0.15, 0.2) is 0 Å². The molecule has 1 aliphatic rings. The molecule has 7 heteroatoms. The predicted molar refractivity (Wildman–Crippen MR) is 64.8 cm³/mol. The van der Waals surface area contributed by atoms with E-state index in [9.17, 15) is 12.8 Å². The molecule has 1 aromatic heterocycles. The van der Waals surface area contributed by atoms with Crippen LogP contribution in [0.3, 0.4) is 0 Å². The molecular formula is C11H16FN3O2S. The average Bonchev–Trinajstić information content (AvgIpc) is 2.28. The van der Waals surface area contributed by atoms with E-state index in [4.69, 9.17) is 5.73 Å². The zero-order valence-electron chi connectivity index (χ0n) is 10.1. The van der Waals surface area contributed by atoms with Crippen molar-refractivity contribution in [2.45, 2.75) is 36.7 Å². The normalized spacial score (nSPS) is 26.2. The van der Waals surface area contributed by atoms with E-state index in [1.165, 1.54) is 10.5 Å². The Labute approximate surface area is 106 Å². The number of sulfonamides is 1. The van der Waals surface area contributed by atoms with Crippen LogP contribution in [0.1, 0.15) is 19.8 Å². The van der Waals surface area contributed by atoms with Crippen molar-refractivity contribution in [3.8, 4) is 0 Å². The molecule has 2 unspecified atom stereocenters. The second-order valence-corrected chi connectivity index (χ2v) is 6.48. The fourth-order valence-electron chi connectivity index (χ4n) is 2.21. The number of aromatic nitrogens is 1. The van der Waals surface area contributed by atoms with Gasteiger partial charge >= 0.3 is 0 Å². The number of nitrogens with two attached hydrogens (primary N) is 1. The Kier molecular flexibility index (Phi) is 3.65. The van der Waals surface area contributed by atoms with Crippen LogP contribution in [0.5, 0.6) is 0 Å². The van der Waals surface area contributed by atoms with Gasteiger partial charge in [-0.1, -0.05) is 0 Å². The Morgan fingerprint density at radius 3 is 2.83 bits per heavy atom. The molecule has 100 valence electrons. The minimum Gasteiger partial charge on any atom is -0.328 e. The van der Waals surface area contributed by atoms with Crippen molar-refractivity contribution in [3.63, 3.8) is 0 Å². The van der Waals surface area contributed by atoms with Crippen LogP contribution in [-0.2, 0) is 10.0 Å². The summed E-state index contributed by atoms with van der Waals surface area (Å²) in [6, 6.07) is 0.836. The first-order valence-electron chi connectivity index (χ1n) is 5.79. The summed E-state index contributed by atoms with van der Waals surface area (Å²) in [6.45, 7) is 2.17. The van der Waals surface area contributed by atoms with E-state index >= 15 is 0 Å². The van der Waals surface area contributed by atoms with E-state index in [-0.39, 0.29) is 17.0 Å². The quantitative estimate of drug-likeness (QED) is 0.861. The third-order valence-corrected chi connectivity index (χ3v) is 5.12. The lowest BCUT2D eigenvalue weighted by molar-refractivity contribution is 0.247. The highest BCUT2D eigenvalue weighted by molar-refractivity contribution is 7.89. The first-order chi connectivity index (χ1) is 8.41. The van der Waals surface area contributed by atoms with Gasteiger partial charge in [0, 0.05) is 24.8 Å². The molecule has 1 saturated heterocycles. The van der Waals surface area contributed by atoms with E-state index in [2.05, 4.69) is 4.98 Å². The molecule has 0 amide bonds. The second kappa shape index (κ2) is 4.91. The maximum atomic E-state index is 13.1. The highest BCUT2D eigenvalue weighted by Gasteiger charge is 2.33. The minimum absolute atomic E-state index is 0.0251. The Morgan fingerprint density at radius 2 is 2.22 bits per heavy atom. The van der Waals surface area contributed by atoms with Crippen molar-refractivity contribution in [2.24, 2.45) is 5.73 Å². The number of hydrogen-bond acceptors (Lipinski definition) is 4. The highest BCUT2D eigenvalue weighted by Crippen LogP contribution is 2.24. The van der Waals surface area contributed by atoms with Crippen molar-refractivity contribution in [3.05, 3.63) is 24.3 Å². The average molecular weight is 273 g/mol. The van der Waals surface area contributed by atoms with E-state index in [0.717, 1.165) is 12.3 Å². The minimum atomic E-state index is -3.68. The number of halogens is 1. The second-order valence-electron chi connectivity index (χ2n) is 4.59. The molecule has 18 heavy (non-hydrogen) atoms. The van der Waals surface area contributed by atoms with Gasteiger partial charge in [0.2, 0.25) is 10.0 Å². The van der Waals surface area contributed by atoms with Crippen LogP contribution in [0.4, 0.5) is 4.39 Å². The van der Waals surface area contributed by atoms with Gasteiger partial charge in [0.25, 0.3) is 0 Å². The Morgan fingerprint density at radius 1 is 1.50 bits per heavy atom. The molecule has 1 aliphatic heterocycles. The van der Waals surface area contributed by atoms with Gasteiger partial charge in [0.1, 0.15) is 10.7 Å². The van der Waals surface area contributed by atoms with E-state index < -0.39 is 15.8 Å². The van der Waals surface area contributed by atoms with Gasteiger partial charge < -0.3 is 5.73 Å². The van der Waals surface area contributed by atoms with Crippen LogP contribution in [0, 0.1) is 5.82 Å². The molecule has 5 nitrogen and oxygen atoms in total. The third-order valence-electron chi connectivity index (χ3n) is 3.14. The van der Waals surface area contributed by atoms with Gasteiger partial charge in [-0.05, 0) is 25.8 Å². The highest BCUT2D eigenvalue weighted by atomic mass is 32.2. The molecule has 2 heterocycles. The van der Waals surface area contributed by atoms with Crippen molar-refractivity contribution in [1.29, 1.82) is 0 Å². The number of pyridine rings is 1. The van der Waals surface area contributed by atoms with Crippen LogP contribution in [-0.4, -0.2) is 36.3 Å². The van der Waals surface area contributed by atoms with Crippen LogP contribution in [0.15, 0.2) is 23.4 Å². The summed E-state index contributed by atoms with van der Waals surface area (Å²) >= 11 is 0. The van der Waals surface area contributed by atoms with Crippen LogP contribution in [0.25, 0.3) is 0 Å². The molecule has 0 radical (unpaired) electrons. The third kappa shape index (κ3) is 2.52. The van der Waals surface area contributed by atoms with E-state index in [0.29, 0.717) is 19.4 Å². The molecule has 2 N–H and O–H groups in total. The lowest BCUT2D eigenvalue weighted by Crippen LogP contribution is -2.48. The topological polar surface area (TPSA) is 76.3 Å². The van der Waals surface area contributed by atoms with Crippen molar-refractivity contribution in [2.75, 3.05) is 6.54 Å². The van der Waals surface area contributed by atoms with Gasteiger partial charge in [-0.2, -0.15) is 4.31 Å². The maximum absolute atomic E-state index is 13.1. The molecule has 1 fully saturated rings. The van der Waals surface area contributed by atoms with Crippen LogP contribution < -0.4 is 5.73 Å². The fraction of sp³-hybridized carbons (Fsp3) is 0.545. The largest absolute Gasteiger partial charge is 0.328 e. The standard InChI is InChI=1S/C11H16FN3O2S/c1-8-4-10(13)2-3-15(8)18(16,17)11-5-9(12)6-14-7-11/h5-8,10H,2-4,13H2,1H3. The van der Waals surface area contributed by atoms with Gasteiger partial charge in [-0.15, -0.1) is 0 Å². The van der Waals surface area contributed by atoms with Gasteiger partial charge in [-0.25, -0.2) is 12.8 Å². The van der Waals surface area contributed by atoms with Crippen molar-refractivity contribution in [1.82, 2.24) is 9.29 Å². The summed E-state index contributed by atoms with van der Waals surface area (Å²) in [5, 5.41) is 0. The Bertz CT molecular complexity index is 535.